The van der Waals surface area contributed by atoms with Crippen LogP contribution in [0.2, 0.25) is 0 Å². The van der Waals surface area contributed by atoms with Crippen molar-refractivity contribution in [3.63, 3.8) is 0 Å². The van der Waals surface area contributed by atoms with Gasteiger partial charge in [-0.25, -0.2) is 4.98 Å². The van der Waals surface area contributed by atoms with Gasteiger partial charge in [-0.15, -0.1) is 0 Å². The number of nitrogens with one attached hydrogen (secondary N) is 2. The lowest BCUT2D eigenvalue weighted by molar-refractivity contribution is -0.384. The molecule has 2 N–H and O–H groups in total. The van der Waals surface area contributed by atoms with Crippen LogP contribution in [-0.2, 0) is 4.74 Å². The van der Waals surface area contributed by atoms with Crippen molar-refractivity contribution < 1.29 is 9.66 Å². The predicted molar refractivity (Wildman–Crippen MR) is 81.7 cm³/mol. The number of aromatic nitrogens is 2. The molecule has 1 heterocycles. The first-order chi connectivity index (χ1) is 10.2. The molecule has 118 valence electrons. The van der Waals surface area contributed by atoms with Crippen LogP contribution in [0.5, 0.6) is 0 Å². The van der Waals surface area contributed by atoms with Crippen LogP contribution in [0.1, 0.15) is 33.1 Å². The van der Waals surface area contributed by atoms with Crippen molar-refractivity contribution in [2.24, 2.45) is 0 Å². The number of nitro groups is 1. The van der Waals surface area contributed by atoms with Crippen LogP contribution in [0.15, 0.2) is 6.20 Å². The van der Waals surface area contributed by atoms with Crippen molar-refractivity contribution in [3.8, 4) is 0 Å². The second-order valence-corrected chi connectivity index (χ2v) is 4.50. The van der Waals surface area contributed by atoms with Gasteiger partial charge in [-0.3, -0.25) is 10.1 Å². The first-order valence-electron chi connectivity index (χ1n) is 7.26. The van der Waals surface area contributed by atoms with Crippen molar-refractivity contribution in [3.05, 3.63) is 16.3 Å². The molecule has 0 saturated carbocycles. The highest BCUT2D eigenvalue weighted by atomic mass is 16.6. The molecule has 1 aromatic heterocycles. The molecule has 0 saturated heterocycles. The van der Waals surface area contributed by atoms with Crippen molar-refractivity contribution in [1.82, 2.24) is 9.97 Å². The van der Waals surface area contributed by atoms with Crippen LogP contribution >= 0.6 is 0 Å². The van der Waals surface area contributed by atoms with Crippen molar-refractivity contribution in [1.29, 1.82) is 0 Å². The Kier molecular flexibility index (Phi) is 8.03. The van der Waals surface area contributed by atoms with Gasteiger partial charge in [0.2, 0.25) is 11.8 Å². The summed E-state index contributed by atoms with van der Waals surface area (Å²) in [6, 6.07) is 0. The highest BCUT2D eigenvalue weighted by Crippen LogP contribution is 2.21. The minimum Gasteiger partial charge on any atom is -0.381 e. The van der Waals surface area contributed by atoms with Crippen LogP contribution in [-0.4, -0.2) is 41.2 Å². The third-order valence-electron chi connectivity index (χ3n) is 2.61. The minimum absolute atomic E-state index is 0.119. The van der Waals surface area contributed by atoms with E-state index in [1.165, 1.54) is 6.20 Å². The van der Waals surface area contributed by atoms with Gasteiger partial charge in [0.05, 0.1) is 4.92 Å². The van der Waals surface area contributed by atoms with E-state index in [2.05, 4.69) is 20.6 Å². The molecule has 0 aliphatic carbocycles. The number of nitrogens with zero attached hydrogens (tertiary/aromatic N) is 3. The molecule has 1 aromatic rings. The molecule has 0 radical (unpaired) electrons. The SMILES string of the molecule is CCCNc1ncc([N+](=O)[O-])c(NCCCOCCC)n1. The fraction of sp³-hybridized carbons (Fsp3) is 0.692. The lowest BCUT2D eigenvalue weighted by atomic mass is 10.4. The standard InChI is InChI=1S/C13H23N5O3/c1-3-6-15-13-16-10-11(18(19)20)12(17-13)14-7-5-9-21-8-4-2/h10H,3-9H2,1-2H3,(H2,14,15,16,17). The molecule has 1 rings (SSSR count). The molecule has 0 aliphatic heterocycles. The lowest BCUT2D eigenvalue weighted by Gasteiger charge is -2.08. The quantitative estimate of drug-likeness (QED) is 0.367. The largest absolute Gasteiger partial charge is 0.381 e. The molecule has 21 heavy (non-hydrogen) atoms. The van der Waals surface area contributed by atoms with E-state index in [1.807, 2.05) is 13.8 Å². The average Bonchev–Trinajstić information content (AvgIpc) is 2.48. The maximum Gasteiger partial charge on any atom is 0.329 e. The first-order valence-corrected chi connectivity index (χ1v) is 7.26. The van der Waals surface area contributed by atoms with Gasteiger partial charge in [0, 0.05) is 26.3 Å². The van der Waals surface area contributed by atoms with E-state index >= 15 is 0 Å². The van der Waals surface area contributed by atoms with Crippen LogP contribution in [0.3, 0.4) is 0 Å². The minimum atomic E-state index is -0.487. The summed E-state index contributed by atoms with van der Waals surface area (Å²) in [5.41, 5.74) is -0.119. The number of hydrogen-bond donors (Lipinski definition) is 2. The molecule has 8 nitrogen and oxygen atoms in total. The van der Waals surface area contributed by atoms with Crippen molar-refractivity contribution in [2.45, 2.75) is 33.1 Å². The monoisotopic (exact) mass is 297 g/mol. The van der Waals surface area contributed by atoms with Crippen LogP contribution in [0, 0.1) is 10.1 Å². The Labute approximate surface area is 124 Å². The summed E-state index contributed by atoms with van der Waals surface area (Å²) in [5.74, 6) is 0.635. The van der Waals surface area contributed by atoms with Crippen LogP contribution < -0.4 is 10.6 Å². The molecule has 0 spiro atoms. The van der Waals surface area contributed by atoms with Crippen LogP contribution in [0.25, 0.3) is 0 Å². The molecular formula is C13H23N5O3. The van der Waals surface area contributed by atoms with E-state index in [0.29, 0.717) is 19.1 Å². The number of hydrogen-bond acceptors (Lipinski definition) is 7. The first kappa shape index (κ1) is 17.1. The van der Waals surface area contributed by atoms with Gasteiger partial charge in [0.15, 0.2) is 0 Å². The molecule has 0 unspecified atom stereocenters. The Morgan fingerprint density at radius 3 is 2.71 bits per heavy atom. The lowest BCUT2D eigenvalue weighted by Crippen LogP contribution is -2.12. The van der Waals surface area contributed by atoms with Gasteiger partial charge in [-0.2, -0.15) is 4.98 Å². The second-order valence-electron chi connectivity index (χ2n) is 4.50. The van der Waals surface area contributed by atoms with E-state index in [0.717, 1.165) is 32.4 Å². The van der Waals surface area contributed by atoms with Gasteiger partial charge >= 0.3 is 5.69 Å². The Morgan fingerprint density at radius 2 is 2.05 bits per heavy atom. The van der Waals surface area contributed by atoms with Gasteiger partial charge in [-0.1, -0.05) is 13.8 Å². The molecule has 0 atom stereocenters. The summed E-state index contributed by atoms with van der Waals surface area (Å²) >= 11 is 0. The highest BCUT2D eigenvalue weighted by Gasteiger charge is 2.16. The Hall–Kier alpha value is -1.96. The van der Waals surface area contributed by atoms with E-state index in [9.17, 15) is 10.1 Å². The Balaban J connectivity index is 2.57. The number of anilines is 2. The smallest absolute Gasteiger partial charge is 0.329 e. The third-order valence-corrected chi connectivity index (χ3v) is 2.61. The summed E-state index contributed by atoms with van der Waals surface area (Å²) in [6.45, 7) is 6.72. The average molecular weight is 297 g/mol. The molecule has 0 bridgehead atoms. The van der Waals surface area contributed by atoms with E-state index in [4.69, 9.17) is 4.74 Å². The molecule has 0 fully saturated rings. The summed E-state index contributed by atoms with van der Waals surface area (Å²) in [6.07, 6.45) is 3.90. The summed E-state index contributed by atoms with van der Waals surface area (Å²) in [5, 5.41) is 16.9. The summed E-state index contributed by atoms with van der Waals surface area (Å²) < 4.78 is 5.36. The Bertz CT molecular complexity index is 442. The molecule has 0 aromatic carbocycles. The second kappa shape index (κ2) is 9.87. The van der Waals surface area contributed by atoms with Gasteiger partial charge in [0.1, 0.15) is 6.20 Å². The number of ether oxygens (including phenoxy) is 1. The summed E-state index contributed by atoms with van der Waals surface area (Å²) in [7, 11) is 0. The zero-order chi connectivity index (χ0) is 15.5. The van der Waals surface area contributed by atoms with Crippen LogP contribution in [0.4, 0.5) is 17.5 Å². The zero-order valence-corrected chi connectivity index (χ0v) is 12.6. The van der Waals surface area contributed by atoms with Crippen molar-refractivity contribution >= 4 is 17.5 Å². The fourth-order valence-corrected chi connectivity index (χ4v) is 1.59. The van der Waals surface area contributed by atoms with Crippen molar-refractivity contribution in [2.75, 3.05) is 36.9 Å². The Morgan fingerprint density at radius 1 is 1.24 bits per heavy atom. The number of rotatable bonds is 11. The fourth-order valence-electron chi connectivity index (χ4n) is 1.59. The predicted octanol–water partition coefficient (Wildman–Crippen LogP) is 2.44. The topological polar surface area (TPSA) is 102 Å². The third kappa shape index (κ3) is 6.35. The molecule has 0 aliphatic rings. The van der Waals surface area contributed by atoms with E-state index < -0.39 is 4.92 Å². The van der Waals surface area contributed by atoms with E-state index in [-0.39, 0.29) is 11.5 Å². The maximum atomic E-state index is 11.0. The summed E-state index contributed by atoms with van der Waals surface area (Å²) in [4.78, 5) is 18.6. The van der Waals surface area contributed by atoms with E-state index in [1.54, 1.807) is 0 Å². The maximum absolute atomic E-state index is 11.0. The van der Waals surface area contributed by atoms with Gasteiger partial charge < -0.3 is 15.4 Å². The van der Waals surface area contributed by atoms with Gasteiger partial charge in [0.25, 0.3) is 0 Å². The zero-order valence-electron chi connectivity index (χ0n) is 12.6. The molecule has 0 amide bonds. The normalized spacial score (nSPS) is 10.4. The molecule has 8 heteroatoms. The highest BCUT2D eigenvalue weighted by molar-refractivity contribution is 5.56. The molecular weight excluding hydrogens is 274 g/mol. The van der Waals surface area contributed by atoms with Gasteiger partial charge in [-0.05, 0) is 19.3 Å².